The minimum atomic E-state index is -0.742. The van der Waals surface area contributed by atoms with Crippen LogP contribution in [0.3, 0.4) is 0 Å². The van der Waals surface area contributed by atoms with Gasteiger partial charge < -0.3 is 20.1 Å². The first kappa shape index (κ1) is 25.2. The van der Waals surface area contributed by atoms with Gasteiger partial charge >= 0.3 is 6.09 Å². The van der Waals surface area contributed by atoms with Gasteiger partial charge in [-0.3, -0.25) is 4.79 Å². The van der Waals surface area contributed by atoms with Crippen LogP contribution in [0, 0.1) is 0 Å². The van der Waals surface area contributed by atoms with Crippen molar-refractivity contribution in [2.45, 2.75) is 78.2 Å². The fourth-order valence-electron chi connectivity index (χ4n) is 3.19. The zero-order valence-electron chi connectivity index (χ0n) is 19.8. The lowest BCUT2D eigenvalue weighted by Crippen LogP contribution is -2.50. The molecular formula is C26H36N2O4. The van der Waals surface area contributed by atoms with Crippen LogP contribution >= 0.6 is 0 Å². The number of ether oxygens (including phenoxy) is 2. The van der Waals surface area contributed by atoms with Gasteiger partial charge in [0.15, 0.2) is 0 Å². The number of carbonyl (C=O) groups is 2. The van der Waals surface area contributed by atoms with Crippen molar-refractivity contribution < 1.29 is 19.1 Å². The number of alkyl carbamates (subject to hydrolysis) is 1. The lowest BCUT2D eigenvalue weighted by atomic mass is 10.0. The highest BCUT2D eigenvalue weighted by Gasteiger charge is 2.24. The first-order valence-electron chi connectivity index (χ1n) is 11.3. The van der Waals surface area contributed by atoms with Crippen molar-refractivity contribution in [1.29, 1.82) is 0 Å². The summed E-state index contributed by atoms with van der Waals surface area (Å²) in [6, 6.07) is 16.3. The lowest BCUT2D eigenvalue weighted by molar-refractivity contribution is -0.123. The van der Waals surface area contributed by atoms with Gasteiger partial charge in [0.1, 0.15) is 24.0 Å². The molecule has 0 bridgehead atoms. The molecule has 2 aromatic rings. The van der Waals surface area contributed by atoms with Crippen LogP contribution in [-0.4, -0.2) is 29.7 Å². The minimum absolute atomic E-state index is 0.0645. The third-order valence-corrected chi connectivity index (χ3v) is 4.94. The molecule has 2 N–H and O–H groups in total. The number of amides is 2. The van der Waals surface area contributed by atoms with Gasteiger partial charge in [-0.25, -0.2) is 4.79 Å². The van der Waals surface area contributed by atoms with Crippen molar-refractivity contribution in [2.75, 3.05) is 0 Å². The summed E-state index contributed by atoms with van der Waals surface area (Å²) >= 11 is 0. The first-order valence-corrected chi connectivity index (χ1v) is 11.3. The topological polar surface area (TPSA) is 76.7 Å². The van der Waals surface area contributed by atoms with Crippen molar-refractivity contribution in [3.05, 3.63) is 65.7 Å². The van der Waals surface area contributed by atoms with Crippen molar-refractivity contribution >= 4 is 12.0 Å². The van der Waals surface area contributed by atoms with Gasteiger partial charge in [-0.15, -0.1) is 0 Å². The molecular weight excluding hydrogens is 404 g/mol. The number of hydrogen-bond donors (Lipinski definition) is 2. The van der Waals surface area contributed by atoms with Gasteiger partial charge in [0.05, 0.1) is 0 Å². The predicted octanol–water partition coefficient (Wildman–Crippen LogP) is 5.01. The van der Waals surface area contributed by atoms with Gasteiger partial charge in [0.25, 0.3) is 0 Å². The van der Waals surface area contributed by atoms with Crippen LogP contribution in [0.15, 0.2) is 54.6 Å². The standard InChI is InChI=1S/C26H36N2O4/c1-6-21(7-2)27-24(29)23(28-25(30)31-18-20-11-9-8-10-12-20)17-19-13-15-22(16-14-19)32-26(3,4)5/h8-16,21,23H,6-7,17-18H2,1-5H3,(H,27,29)(H,28,30)/t23-/m0/s1. The van der Waals surface area contributed by atoms with Gasteiger partial charge in [0.2, 0.25) is 5.91 Å². The average Bonchev–Trinajstić information content (AvgIpc) is 2.76. The Kier molecular flexibility index (Phi) is 9.57. The highest BCUT2D eigenvalue weighted by molar-refractivity contribution is 5.86. The number of nitrogens with one attached hydrogen (secondary N) is 2. The summed E-state index contributed by atoms with van der Waals surface area (Å²) in [4.78, 5) is 25.4. The summed E-state index contributed by atoms with van der Waals surface area (Å²) in [5, 5.41) is 5.76. The summed E-state index contributed by atoms with van der Waals surface area (Å²) in [7, 11) is 0. The van der Waals surface area contributed by atoms with E-state index in [9.17, 15) is 9.59 Å². The smallest absolute Gasteiger partial charge is 0.408 e. The molecule has 0 fully saturated rings. The van der Waals surface area contributed by atoms with Gasteiger partial charge in [-0.2, -0.15) is 0 Å². The van der Waals surface area contributed by atoms with E-state index >= 15 is 0 Å². The zero-order chi connectivity index (χ0) is 23.6. The maximum absolute atomic E-state index is 12.9. The molecule has 0 aliphatic heterocycles. The Bertz CT molecular complexity index is 840. The van der Waals surface area contributed by atoms with E-state index in [1.807, 2.05) is 89.2 Å². The van der Waals surface area contributed by atoms with Crippen LogP contribution in [0.5, 0.6) is 5.75 Å². The van der Waals surface area contributed by atoms with Crippen LogP contribution in [-0.2, 0) is 22.6 Å². The largest absolute Gasteiger partial charge is 0.488 e. The molecule has 0 heterocycles. The van der Waals surface area contributed by atoms with Crippen molar-refractivity contribution in [3.63, 3.8) is 0 Å². The molecule has 0 saturated carbocycles. The number of carbonyl (C=O) groups excluding carboxylic acids is 2. The molecule has 2 aromatic carbocycles. The second-order valence-corrected chi connectivity index (χ2v) is 8.84. The van der Waals surface area contributed by atoms with E-state index < -0.39 is 12.1 Å². The van der Waals surface area contributed by atoms with Crippen LogP contribution < -0.4 is 15.4 Å². The molecule has 174 valence electrons. The monoisotopic (exact) mass is 440 g/mol. The third-order valence-electron chi connectivity index (χ3n) is 4.94. The van der Waals surface area contributed by atoms with Gasteiger partial charge in [-0.05, 0) is 56.9 Å². The van der Waals surface area contributed by atoms with E-state index in [2.05, 4.69) is 10.6 Å². The summed E-state index contributed by atoms with van der Waals surface area (Å²) in [5.74, 6) is 0.542. The summed E-state index contributed by atoms with van der Waals surface area (Å²) in [6.07, 6.45) is 1.38. The summed E-state index contributed by atoms with van der Waals surface area (Å²) < 4.78 is 11.2. The van der Waals surface area contributed by atoms with Gasteiger partial charge in [0, 0.05) is 12.5 Å². The highest BCUT2D eigenvalue weighted by Crippen LogP contribution is 2.19. The molecule has 0 aromatic heterocycles. The third kappa shape index (κ3) is 9.00. The van der Waals surface area contributed by atoms with Crippen LogP contribution in [0.4, 0.5) is 4.79 Å². The molecule has 6 heteroatoms. The van der Waals surface area contributed by atoms with E-state index in [0.717, 1.165) is 29.7 Å². The molecule has 0 radical (unpaired) electrons. The molecule has 6 nitrogen and oxygen atoms in total. The summed E-state index contributed by atoms with van der Waals surface area (Å²) in [5.41, 5.74) is 1.51. The van der Waals surface area contributed by atoms with Gasteiger partial charge in [-0.1, -0.05) is 56.3 Å². The Balaban J connectivity index is 2.06. The molecule has 0 aliphatic carbocycles. The van der Waals surface area contributed by atoms with E-state index in [0.29, 0.717) is 6.42 Å². The maximum atomic E-state index is 12.9. The lowest BCUT2D eigenvalue weighted by Gasteiger charge is -2.23. The van der Waals surface area contributed by atoms with E-state index in [1.54, 1.807) is 0 Å². The highest BCUT2D eigenvalue weighted by atomic mass is 16.5. The molecule has 0 unspecified atom stereocenters. The van der Waals surface area contributed by atoms with Crippen LogP contribution in [0.1, 0.15) is 58.6 Å². The Morgan fingerprint density at radius 3 is 2.06 bits per heavy atom. The number of benzene rings is 2. The molecule has 2 amide bonds. The normalized spacial score (nSPS) is 12.2. The second kappa shape index (κ2) is 12.1. The Morgan fingerprint density at radius 1 is 0.875 bits per heavy atom. The van der Waals surface area contributed by atoms with Crippen molar-refractivity contribution in [1.82, 2.24) is 10.6 Å². The van der Waals surface area contributed by atoms with Crippen LogP contribution in [0.25, 0.3) is 0 Å². The molecule has 1 atom stereocenters. The number of hydrogen-bond acceptors (Lipinski definition) is 4. The molecule has 0 saturated heterocycles. The zero-order valence-corrected chi connectivity index (χ0v) is 19.8. The SMILES string of the molecule is CCC(CC)NC(=O)[C@H](Cc1ccc(OC(C)(C)C)cc1)NC(=O)OCc1ccccc1. The molecule has 32 heavy (non-hydrogen) atoms. The van der Waals surface area contributed by atoms with E-state index in [4.69, 9.17) is 9.47 Å². The Hall–Kier alpha value is -3.02. The van der Waals surface area contributed by atoms with E-state index in [1.165, 1.54) is 0 Å². The summed E-state index contributed by atoms with van der Waals surface area (Å²) in [6.45, 7) is 10.2. The fourth-order valence-corrected chi connectivity index (χ4v) is 3.19. The van der Waals surface area contributed by atoms with Crippen LogP contribution in [0.2, 0.25) is 0 Å². The Labute approximate surface area is 191 Å². The minimum Gasteiger partial charge on any atom is -0.488 e. The quantitative estimate of drug-likeness (QED) is 0.545. The van der Waals surface area contributed by atoms with E-state index in [-0.39, 0.29) is 24.2 Å². The average molecular weight is 441 g/mol. The number of rotatable bonds is 10. The van der Waals surface area contributed by atoms with Crippen molar-refractivity contribution in [2.24, 2.45) is 0 Å². The fraction of sp³-hybridized carbons (Fsp3) is 0.462. The predicted molar refractivity (Wildman–Crippen MR) is 127 cm³/mol. The Morgan fingerprint density at radius 2 is 1.50 bits per heavy atom. The maximum Gasteiger partial charge on any atom is 0.408 e. The molecule has 2 rings (SSSR count). The molecule has 0 spiro atoms. The van der Waals surface area contributed by atoms with Crippen molar-refractivity contribution in [3.8, 4) is 5.75 Å². The second-order valence-electron chi connectivity index (χ2n) is 8.84. The molecule has 0 aliphatic rings. The first-order chi connectivity index (χ1) is 15.2.